The van der Waals surface area contributed by atoms with Gasteiger partial charge in [0.05, 0.1) is 5.56 Å². The molecule has 4 nitrogen and oxygen atoms in total. The molecule has 1 unspecified atom stereocenters. The van der Waals surface area contributed by atoms with Gasteiger partial charge in [-0.15, -0.1) is 0 Å². The molecule has 0 saturated carbocycles. The quantitative estimate of drug-likeness (QED) is 0.767. The summed E-state index contributed by atoms with van der Waals surface area (Å²) in [7, 11) is 0. The minimum Gasteiger partial charge on any atom is -0.478 e. The highest BCUT2D eigenvalue weighted by Crippen LogP contribution is 2.24. The number of carboxylic acids is 1. The van der Waals surface area contributed by atoms with Crippen LogP contribution in [0.25, 0.3) is 0 Å². The van der Waals surface area contributed by atoms with Gasteiger partial charge >= 0.3 is 5.97 Å². The van der Waals surface area contributed by atoms with E-state index in [0.717, 1.165) is 25.1 Å². The van der Waals surface area contributed by atoms with Gasteiger partial charge in [-0.3, -0.25) is 0 Å². The number of hydrogen-bond acceptors (Lipinski definition) is 3. The van der Waals surface area contributed by atoms with Gasteiger partial charge in [0.15, 0.2) is 0 Å². The number of carboxylic acid groups (broad SMARTS) is 1. The summed E-state index contributed by atoms with van der Waals surface area (Å²) in [4.78, 5) is 12.5. The fourth-order valence-electron chi connectivity index (χ4n) is 1.85. The fourth-order valence-corrected chi connectivity index (χ4v) is 1.85. The summed E-state index contributed by atoms with van der Waals surface area (Å²) in [5.41, 5.74) is 1.15. The molecule has 2 N–H and O–H groups in total. The number of hydrogen-bond donors (Lipinski definition) is 2. The smallest absolute Gasteiger partial charge is 0.335 e. The van der Waals surface area contributed by atoms with E-state index < -0.39 is 12.2 Å². The monoisotopic (exact) mass is 207 g/mol. The normalized spacial score (nSPS) is 20.6. The number of benzene rings is 1. The highest BCUT2D eigenvalue weighted by molar-refractivity contribution is 5.88. The molecular formula is C11H13NO3. The van der Waals surface area contributed by atoms with Crippen molar-refractivity contribution >= 4 is 11.7 Å². The molecule has 1 atom stereocenters. The Hall–Kier alpha value is -1.55. The largest absolute Gasteiger partial charge is 0.478 e. The maximum Gasteiger partial charge on any atom is 0.335 e. The van der Waals surface area contributed by atoms with Crippen molar-refractivity contribution in [3.8, 4) is 0 Å². The lowest BCUT2D eigenvalue weighted by molar-refractivity contribution is 0.0697. The summed E-state index contributed by atoms with van der Waals surface area (Å²) in [6, 6.07) is 6.58. The molecule has 0 radical (unpaired) electrons. The van der Waals surface area contributed by atoms with Gasteiger partial charge < -0.3 is 15.1 Å². The molecule has 1 aliphatic heterocycles. The molecule has 1 fully saturated rings. The third kappa shape index (κ3) is 1.94. The molecule has 2 rings (SSSR count). The number of aliphatic hydroxyl groups excluding tert-OH is 1. The van der Waals surface area contributed by atoms with Crippen LogP contribution >= 0.6 is 0 Å². The van der Waals surface area contributed by atoms with E-state index in [9.17, 15) is 9.90 Å². The Kier molecular flexibility index (Phi) is 2.60. The summed E-state index contributed by atoms with van der Waals surface area (Å²) >= 11 is 0. The molecular weight excluding hydrogens is 194 g/mol. The molecule has 15 heavy (non-hydrogen) atoms. The Morgan fingerprint density at radius 2 is 2.00 bits per heavy atom. The standard InChI is InChI=1S/C11H13NO3/c13-10-2-1-7-12(10)9-5-3-8(4-6-9)11(14)15/h3-6,10,13H,1-2,7H2,(H,14,15). The van der Waals surface area contributed by atoms with Crippen molar-refractivity contribution in [2.75, 3.05) is 11.4 Å². The molecule has 1 aliphatic rings. The molecule has 0 aliphatic carbocycles. The first-order chi connectivity index (χ1) is 7.18. The first-order valence-corrected chi connectivity index (χ1v) is 4.96. The lowest BCUT2D eigenvalue weighted by Crippen LogP contribution is -2.28. The lowest BCUT2D eigenvalue weighted by atomic mass is 10.2. The Morgan fingerprint density at radius 3 is 2.47 bits per heavy atom. The average Bonchev–Trinajstić information content (AvgIpc) is 2.65. The van der Waals surface area contributed by atoms with E-state index in [-0.39, 0.29) is 5.56 Å². The number of rotatable bonds is 2. The maximum absolute atomic E-state index is 10.6. The second-order valence-corrected chi connectivity index (χ2v) is 3.67. The topological polar surface area (TPSA) is 60.8 Å². The van der Waals surface area contributed by atoms with Gasteiger partial charge in [-0.2, -0.15) is 0 Å². The number of aromatic carboxylic acids is 1. The van der Waals surface area contributed by atoms with Gasteiger partial charge in [-0.25, -0.2) is 4.79 Å². The van der Waals surface area contributed by atoms with Crippen molar-refractivity contribution in [2.45, 2.75) is 19.1 Å². The average molecular weight is 207 g/mol. The van der Waals surface area contributed by atoms with E-state index in [0.29, 0.717) is 0 Å². The molecule has 1 saturated heterocycles. The first kappa shape index (κ1) is 9.98. The van der Waals surface area contributed by atoms with Crippen LogP contribution in [0.1, 0.15) is 23.2 Å². The van der Waals surface area contributed by atoms with E-state index in [2.05, 4.69) is 0 Å². The Labute approximate surface area is 87.8 Å². The van der Waals surface area contributed by atoms with Crippen molar-refractivity contribution in [1.82, 2.24) is 0 Å². The Bertz CT molecular complexity index is 361. The summed E-state index contributed by atoms with van der Waals surface area (Å²) in [6.07, 6.45) is 1.32. The Balaban J connectivity index is 2.19. The van der Waals surface area contributed by atoms with E-state index in [1.165, 1.54) is 0 Å². The molecule has 1 heterocycles. The van der Waals surface area contributed by atoms with Crippen LogP contribution in [0.15, 0.2) is 24.3 Å². The summed E-state index contributed by atoms with van der Waals surface area (Å²) in [6.45, 7) is 0.827. The van der Waals surface area contributed by atoms with E-state index in [1.54, 1.807) is 24.3 Å². The van der Waals surface area contributed by atoms with Crippen LogP contribution in [0, 0.1) is 0 Å². The third-order valence-electron chi connectivity index (χ3n) is 2.67. The fraction of sp³-hybridized carbons (Fsp3) is 0.364. The van der Waals surface area contributed by atoms with Gasteiger partial charge in [0.1, 0.15) is 6.23 Å². The van der Waals surface area contributed by atoms with Crippen molar-refractivity contribution in [2.24, 2.45) is 0 Å². The van der Waals surface area contributed by atoms with Gasteiger partial charge in [0, 0.05) is 12.2 Å². The molecule has 0 amide bonds. The zero-order valence-corrected chi connectivity index (χ0v) is 8.26. The predicted octanol–water partition coefficient (Wildman–Crippen LogP) is 1.30. The predicted molar refractivity (Wildman–Crippen MR) is 56.0 cm³/mol. The SMILES string of the molecule is O=C(O)c1ccc(N2CCCC2O)cc1. The van der Waals surface area contributed by atoms with E-state index in [1.807, 2.05) is 4.90 Å². The van der Waals surface area contributed by atoms with Gasteiger partial charge in [-0.1, -0.05) is 0 Å². The molecule has 4 heteroatoms. The zero-order chi connectivity index (χ0) is 10.8. The minimum absolute atomic E-state index is 0.271. The van der Waals surface area contributed by atoms with Crippen LogP contribution in [0.3, 0.4) is 0 Å². The minimum atomic E-state index is -0.927. The molecule has 0 bridgehead atoms. The second kappa shape index (κ2) is 3.90. The summed E-state index contributed by atoms with van der Waals surface area (Å²) in [5, 5.41) is 18.4. The van der Waals surface area contributed by atoms with Crippen LogP contribution < -0.4 is 4.90 Å². The van der Waals surface area contributed by atoms with Crippen molar-refractivity contribution in [1.29, 1.82) is 0 Å². The number of nitrogens with zero attached hydrogens (tertiary/aromatic N) is 1. The molecule has 1 aromatic carbocycles. The lowest BCUT2D eigenvalue weighted by Gasteiger charge is -2.22. The Morgan fingerprint density at radius 1 is 1.33 bits per heavy atom. The molecule has 0 spiro atoms. The molecule has 80 valence electrons. The van der Waals surface area contributed by atoms with Crippen LogP contribution in [0.4, 0.5) is 5.69 Å². The van der Waals surface area contributed by atoms with Gasteiger partial charge in [0.2, 0.25) is 0 Å². The van der Waals surface area contributed by atoms with Crippen LogP contribution in [-0.4, -0.2) is 29.0 Å². The summed E-state index contributed by atoms with van der Waals surface area (Å²) < 4.78 is 0. The van der Waals surface area contributed by atoms with E-state index in [4.69, 9.17) is 5.11 Å². The molecule has 1 aromatic rings. The highest BCUT2D eigenvalue weighted by atomic mass is 16.4. The summed E-state index contributed by atoms with van der Waals surface area (Å²) in [5.74, 6) is -0.927. The zero-order valence-electron chi connectivity index (χ0n) is 8.26. The van der Waals surface area contributed by atoms with E-state index >= 15 is 0 Å². The van der Waals surface area contributed by atoms with Crippen molar-refractivity contribution in [3.63, 3.8) is 0 Å². The number of anilines is 1. The molecule has 0 aromatic heterocycles. The first-order valence-electron chi connectivity index (χ1n) is 4.96. The van der Waals surface area contributed by atoms with Gasteiger partial charge in [0.25, 0.3) is 0 Å². The van der Waals surface area contributed by atoms with Crippen molar-refractivity contribution in [3.05, 3.63) is 29.8 Å². The second-order valence-electron chi connectivity index (χ2n) is 3.67. The van der Waals surface area contributed by atoms with Gasteiger partial charge in [-0.05, 0) is 37.1 Å². The maximum atomic E-state index is 10.6. The van der Waals surface area contributed by atoms with Crippen LogP contribution in [0.5, 0.6) is 0 Å². The number of carbonyl (C=O) groups is 1. The van der Waals surface area contributed by atoms with Crippen LogP contribution in [0.2, 0.25) is 0 Å². The third-order valence-corrected chi connectivity index (χ3v) is 2.67. The van der Waals surface area contributed by atoms with Crippen LogP contribution in [-0.2, 0) is 0 Å². The van der Waals surface area contributed by atoms with Crippen molar-refractivity contribution < 1.29 is 15.0 Å². The highest BCUT2D eigenvalue weighted by Gasteiger charge is 2.22. The number of aliphatic hydroxyl groups is 1.